The van der Waals surface area contributed by atoms with Crippen LogP contribution in [0.4, 0.5) is 0 Å². The highest BCUT2D eigenvalue weighted by Gasteiger charge is 2.23. The van der Waals surface area contributed by atoms with Crippen molar-refractivity contribution < 1.29 is 4.43 Å². The third-order valence-electron chi connectivity index (χ3n) is 2.39. The predicted molar refractivity (Wildman–Crippen MR) is 64.7 cm³/mol. The van der Waals surface area contributed by atoms with Crippen LogP contribution in [0.2, 0.25) is 19.6 Å². The fourth-order valence-corrected chi connectivity index (χ4v) is 2.98. The van der Waals surface area contributed by atoms with Gasteiger partial charge in [-0.05, 0) is 50.4 Å². The lowest BCUT2D eigenvalue weighted by Crippen LogP contribution is -2.24. The van der Waals surface area contributed by atoms with Crippen LogP contribution in [0, 0.1) is 11.8 Å². The first kappa shape index (κ1) is 11.8. The average Bonchev–Trinajstić information content (AvgIpc) is 2.30. The molecule has 0 fully saturated rings. The van der Waals surface area contributed by atoms with Gasteiger partial charge in [0.2, 0.25) is 8.32 Å². The van der Waals surface area contributed by atoms with Gasteiger partial charge in [0.15, 0.2) is 0 Å². The van der Waals surface area contributed by atoms with Gasteiger partial charge < -0.3 is 4.43 Å². The molecule has 82 valence electrons. The third-order valence-corrected chi connectivity index (χ3v) is 3.27. The van der Waals surface area contributed by atoms with E-state index in [1.807, 2.05) is 0 Å². The zero-order chi connectivity index (χ0) is 10.8. The maximum atomic E-state index is 6.01. The van der Waals surface area contributed by atoms with Crippen molar-refractivity contribution in [2.45, 2.75) is 52.8 Å². The first-order valence-electron chi connectivity index (χ1n) is 5.76. The van der Waals surface area contributed by atoms with Crippen LogP contribution in [0.1, 0.15) is 33.1 Å². The summed E-state index contributed by atoms with van der Waals surface area (Å²) in [5, 5.41) is 0. The van der Waals surface area contributed by atoms with Crippen molar-refractivity contribution in [2.75, 3.05) is 0 Å². The van der Waals surface area contributed by atoms with Crippen molar-refractivity contribution >= 4 is 8.32 Å². The van der Waals surface area contributed by atoms with E-state index in [1.165, 1.54) is 25.0 Å². The van der Waals surface area contributed by atoms with Gasteiger partial charge in [0, 0.05) is 6.42 Å². The van der Waals surface area contributed by atoms with Crippen LogP contribution in [0.15, 0.2) is 11.8 Å². The number of allylic oxidation sites excluding steroid dienone is 2. The Morgan fingerprint density at radius 3 is 2.57 bits per heavy atom. The lowest BCUT2D eigenvalue weighted by molar-refractivity contribution is 0.406. The molecule has 0 aliphatic heterocycles. The van der Waals surface area contributed by atoms with Crippen molar-refractivity contribution in [1.82, 2.24) is 0 Å². The minimum atomic E-state index is -1.36. The molecule has 14 heavy (non-hydrogen) atoms. The molecule has 0 bridgehead atoms. The number of rotatable bonds is 4. The molecule has 1 rings (SSSR count). The Kier molecular flexibility index (Phi) is 3.82. The van der Waals surface area contributed by atoms with E-state index in [0.717, 1.165) is 11.8 Å². The Labute approximate surface area is 89.7 Å². The van der Waals surface area contributed by atoms with Gasteiger partial charge in [0.25, 0.3) is 0 Å². The van der Waals surface area contributed by atoms with Gasteiger partial charge in [-0.15, -0.1) is 0 Å². The molecule has 0 amide bonds. The second-order valence-corrected chi connectivity index (χ2v) is 10.2. The molecule has 0 N–H and O–H groups in total. The maximum Gasteiger partial charge on any atom is 0.241 e. The summed E-state index contributed by atoms with van der Waals surface area (Å²) in [6.07, 6.45) is 6.16. The van der Waals surface area contributed by atoms with Gasteiger partial charge in [-0.1, -0.05) is 13.8 Å². The smallest absolute Gasteiger partial charge is 0.241 e. The van der Waals surface area contributed by atoms with Crippen LogP contribution in [0.3, 0.4) is 0 Å². The largest absolute Gasteiger partial charge is 0.548 e. The molecule has 1 unspecified atom stereocenters. The molecule has 0 radical (unpaired) electrons. The van der Waals surface area contributed by atoms with Gasteiger partial charge in [-0.3, -0.25) is 0 Å². The molecule has 0 saturated heterocycles. The molecule has 2 heteroatoms. The van der Waals surface area contributed by atoms with E-state index in [9.17, 15) is 0 Å². The summed E-state index contributed by atoms with van der Waals surface area (Å²) in [7, 11) is -1.36. The summed E-state index contributed by atoms with van der Waals surface area (Å²) in [5.41, 5.74) is 0. The summed E-state index contributed by atoms with van der Waals surface area (Å²) in [6, 6.07) is 0. The second-order valence-electron chi connectivity index (χ2n) is 5.78. The molecule has 1 atom stereocenters. The Balaban J connectivity index is 2.42. The lowest BCUT2D eigenvalue weighted by Gasteiger charge is -2.19. The highest BCUT2D eigenvalue weighted by atomic mass is 28.4. The quantitative estimate of drug-likeness (QED) is 0.635. The molecule has 0 saturated carbocycles. The van der Waals surface area contributed by atoms with E-state index in [4.69, 9.17) is 4.43 Å². The van der Waals surface area contributed by atoms with Crippen molar-refractivity contribution in [3.63, 3.8) is 0 Å². The van der Waals surface area contributed by atoms with Gasteiger partial charge >= 0.3 is 0 Å². The van der Waals surface area contributed by atoms with E-state index in [0.29, 0.717) is 0 Å². The zero-order valence-corrected chi connectivity index (χ0v) is 11.3. The SMILES string of the molecule is CC(C)CC1C=C(O[Si](C)(C)C)CC1. The van der Waals surface area contributed by atoms with Gasteiger partial charge in [-0.2, -0.15) is 0 Å². The monoisotopic (exact) mass is 212 g/mol. The molecule has 0 spiro atoms. The first-order valence-corrected chi connectivity index (χ1v) is 9.17. The highest BCUT2D eigenvalue weighted by molar-refractivity contribution is 6.70. The van der Waals surface area contributed by atoms with E-state index >= 15 is 0 Å². The maximum absolute atomic E-state index is 6.01. The minimum absolute atomic E-state index is 0.779. The van der Waals surface area contributed by atoms with E-state index < -0.39 is 8.32 Å². The summed E-state index contributed by atoms with van der Waals surface area (Å²) in [4.78, 5) is 0. The first-order chi connectivity index (χ1) is 6.37. The van der Waals surface area contributed by atoms with Gasteiger partial charge in [0.1, 0.15) is 0 Å². The van der Waals surface area contributed by atoms with E-state index in [1.54, 1.807) is 0 Å². The molecule has 1 aliphatic carbocycles. The summed E-state index contributed by atoms with van der Waals surface area (Å²) >= 11 is 0. The molecule has 0 aromatic rings. The van der Waals surface area contributed by atoms with Crippen molar-refractivity contribution in [2.24, 2.45) is 11.8 Å². The van der Waals surface area contributed by atoms with Crippen molar-refractivity contribution in [3.8, 4) is 0 Å². The van der Waals surface area contributed by atoms with Crippen LogP contribution >= 0.6 is 0 Å². The second kappa shape index (κ2) is 4.52. The van der Waals surface area contributed by atoms with E-state index in [-0.39, 0.29) is 0 Å². The lowest BCUT2D eigenvalue weighted by atomic mass is 9.97. The van der Waals surface area contributed by atoms with Crippen LogP contribution in [0.5, 0.6) is 0 Å². The highest BCUT2D eigenvalue weighted by Crippen LogP contribution is 2.31. The Bertz CT molecular complexity index is 213. The Hall–Kier alpha value is -0.243. The molecule has 0 heterocycles. The van der Waals surface area contributed by atoms with Crippen LogP contribution in [-0.2, 0) is 4.43 Å². The van der Waals surface area contributed by atoms with Gasteiger partial charge in [0.05, 0.1) is 5.76 Å². The molecule has 0 aromatic carbocycles. The predicted octanol–water partition coefficient (Wildman–Crippen LogP) is 4.18. The molecule has 1 aliphatic rings. The van der Waals surface area contributed by atoms with Crippen molar-refractivity contribution in [1.29, 1.82) is 0 Å². The summed E-state index contributed by atoms with van der Waals surface area (Å²) in [6.45, 7) is 11.4. The molecular formula is C12H24OSi. The Morgan fingerprint density at radius 2 is 2.07 bits per heavy atom. The van der Waals surface area contributed by atoms with Crippen LogP contribution in [0.25, 0.3) is 0 Å². The topological polar surface area (TPSA) is 9.23 Å². The van der Waals surface area contributed by atoms with Crippen LogP contribution < -0.4 is 0 Å². The molecule has 1 nitrogen and oxygen atoms in total. The fraction of sp³-hybridized carbons (Fsp3) is 0.833. The number of hydrogen-bond acceptors (Lipinski definition) is 1. The molecule has 0 aromatic heterocycles. The van der Waals surface area contributed by atoms with Crippen molar-refractivity contribution in [3.05, 3.63) is 11.8 Å². The summed E-state index contributed by atoms with van der Waals surface area (Å²) in [5.74, 6) is 2.86. The zero-order valence-electron chi connectivity index (χ0n) is 10.3. The Morgan fingerprint density at radius 1 is 1.43 bits per heavy atom. The fourth-order valence-electron chi connectivity index (χ4n) is 2.03. The van der Waals surface area contributed by atoms with Gasteiger partial charge in [-0.25, -0.2) is 0 Å². The number of hydrogen-bond donors (Lipinski definition) is 0. The average molecular weight is 212 g/mol. The minimum Gasteiger partial charge on any atom is -0.548 e. The third kappa shape index (κ3) is 4.31. The summed E-state index contributed by atoms with van der Waals surface area (Å²) < 4.78 is 6.01. The normalized spacial score (nSPS) is 22.7. The van der Waals surface area contributed by atoms with Crippen LogP contribution in [-0.4, -0.2) is 8.32 Å². The molecular weight excluding hydrogens is 188 g/mol. The standard InChI is InChI=1S/C12H24OSi/c1-10(2)8-11-6-7-12(9-11)13-14(3,4)5/h9-11H,6-8H2,1-5H3. The van der Waals surface area contributed by atoms with E-state index in [2.05, 4.69) is 39.6 Å².